The molecule has 1 atom stereocenters. The molecule has 1 N–H and O–H groups in total. The van der Waals surface area contributed by atoms with Crippen molar-refractivity contribution >= 4 is 28.3 Å². The van der Waals surface area contributed by atoms with Gasteiger partial charge in [-0.3, -0.25) is 9.59 Å². The largest absolute Gasteiger partial charge is 0.352 e. The molecule has 1 aliphatic rings. The maximum atomic E-state index is 13.7. The smallest absolute Gasteiger partial charge is 0.259 e. The van der Waals surface area contributed by atoms with Crippen molar-refractivity contribution in [2.24, 2.45) is 0 Å². The summed E-state index contributed by atoms with van der Waals surface area (Å²) in [5.74, 6) is -0.983. The third-order valence-corrected chi connectivity index (χ3v) is 7.85. The Bertz CT molecular complexity index is 1500. The molecule has 7 heteroatoms. The third kappa shape index (κ3) is 5.22. The van der Waals surface area contributed by atoms with Crippen LogP contribution in [-0.4, -0.2) is 22.6 Å². The normalized spacial score (nSPS) is 14.5. The van der Waals surface area contributed by atoms with Gasteiger partial charge in [0.15, 0.2) is 0 Å². The number of hydrogen-bond acceptors (Lipinski definition) is 3. The molecule has 4 aromatic carbocycles. The highest BCUT2D eigenvalue weighted by atomic mass is 32.2. The number of carbonyl (C=O) groups is 2. The fraction of sp³-hybridized carbons (Fsp3) is 0.133. The average Bonchev–Trinajstić information content (AvgIpc) is 3.00. The summed E-state index contributed by atoms with van der Waals surface area (Å²) in [5.41, 5.74) is 4.11. The van der Waals surface area contributed by atoms with Crippen molar-refractivity contribution in [1.82, 2.24) is 5.32 Å². The average molecular weight is 513 g/mol. The summed E-state index contributed by atoms with van der Waals surface area (Å²) in [7, 11) is -1.62. The highest BCUT2D eigenvalue weighted by Gasteiger charge is 2.31. The first kappa shape index (κ1) is 24.6. The molecule has 1 unspecified atom stereocenters. The van der Waals surface area contributed by atoms with Crippen LogP contribution >= 0.6 is 0 Å². The van der Waals surface area contributed by atoms with Gasteiger partial charge in [0.25, 0.3) is 11.8 Å². The number of hydrogen-bond donors (Lipinski definition) is 1. The Balaban J connectivity index is 1.46. The van der Waals surface area contributed by atoms with Gasteiger partial charge in [-0.25, -0.2) is 8.60 Å². The van der Waals surface area contributed by atoms with Crippen molar-refractivity contribution in [3.8, 4) is 0 Å². The molecule has 0 spiro atoms. The fourth-order valence-electron chi connectivity index (χ4n) is 4.31. The highest BCUT2D eigenvalue weighted by Crippen LogP contribution is 2.36. The summed E-state index contributed by atoms with van der Waals surface area (Å²) in [6, 6.07) is 25.7. The van der Waals surface area contributed by atoms with E-state index in [2.05, 4.69) is 5.32 Å². The van der Waals surface area contributed by atoms with E-state index in [4.69, 9.17) is 0 Å². The van der Waals surface area contributed by atoms with Crippen LogP contribution in [0.3, 0.4) is 0 Å². The molecule has 0 bridgehead atoms. The van der Waals surface area contributed by atoms with E-state index in [1.54, 1.807) is 54.6 Å². The Morgan fingerprint density at radius 3 is 2.35 bits per heavy atom. The number of nitrogens with one attached hydrogen (secondary N) is 1. The van der Waals surface area contributed by atoms with Crippen LogP contribution in [-0.2, 0) is 23.8 Å². The van der Waals surface area contributed by atoms with E-state index < -0.39 is 10.8 Å². The molecule has 5 rings (SSSR count). The number of benzene rings is 4. The van der Waals surface area contributed by atoms with Crippen molar-refractivity contribution in [3.63, 3.8) is 0 Å². The topological polar surface area (TPSA) is 66.5 Å². The van der Waals surface area contributed by atoms with Crippen molar-refractivity contribution in [2.75, 3.05) is 11.4 Å². The van der Waals surface area contributed by atoms with Gasteiger partial charge in [0.1, 0.15) is 5.82 Å². The number of anilines is 1. The molecular weight excluding hydrogens is 487 g/mol. The lowest BCUT2D eigenvalue weighted by Gasteiger charge is -2.23. The minimum Gasteiger partial charge on any atom is -0.352 e. The molecule has 0 aromatic heterocycles. The van der Waals surface area contributed by atoms with Crippen LogP contribution in [0.5, 0.6) is 0 Å². The molecule has 1 heterocycles. The Hall–Kier alpha value is -4.10. The predicted molar refractivity (Wildman–Crippen MR) is 142 cm³/mol. The van der Waals surface area contributed by atoms with Crippen LogP contribution < -0.4 is 10.2 Å². The second kappa shape index (κ2) is 10.5. The maximum Gasteiger partial charge on any atom is 0.259 e. The Morgan fingerprint density at radius 1 is 0.892 bits per heavy atom. The molecule has 5 nitrogen and oxygen atoms in total. The minimum atomic E-state index is -1.62. The van der Waals surface area contributed by atoms with Crippen LogP contribution in [0.2, 0.25) is 0 Å². The van der Waals surface area contributed by atoms with Crippen LogP contribution in [0.1, 0.15) is 37.4 Å². The summed E-state index contributed by atoms with van der Waals surface area (Å²) < 4.78 is 27.0. The number of carbonyl (C=O) groups excluding carboxylic acids is 2. The second-order valence-electron chi connectivity index (χ2n) is 8.96. The Morgan fingerprint density at radius 2 is 1.59 bits per heavy atom. The molecule has 186 valence electrons. The van der Waals surface area contributed by atoms with Gasteiger partial charge in [-0.15, -0.1) is 0 Å². The lowest BCUT2D eigenvalue weighted by Crippen LogP contribution is -2.31. The predicted octanol–water partition coefficient (Wildman–Crippen LogP) is 5.43. The number of aryl methyl sites for hydroxylation is 1. The summed E-state index contributed by atoms with van der Waals surface area (Å²) in [6.07, 6.45) is 0.686. The molecule has 4 aromatic rings. The quantitative estimate of drug-likeness (QED) is 0.375. The van der Waals surface area contributed by atoms with Crippen molar-refractivity contribution < 1.29 is 18.2 Å². The van der Waals surface area contributed by atoms with Gasteiger partial charge in [-0.2, -0.15) is 0 Å². The Labute approximate surface area is 217 Å². The Kier molecular flexibility index (Phi) is 6.97. The SMILES string of the molecule is Cc1ccc(CCNC(=O)c2ccc3c(c2)N(Cc2ccc(F)cc2)C(=O)c2ccccc2S3=O)cc1. The monoisotopic (exact) mass is 512 g/mol. The number of fused-ring (bicyclic) bond motifs is 2. The lowest BCUT2D eigenvalue weighted by molar-refractivity contribution is 0.0950. The molecule has 37 heavy (non-hydrogen) atoms. The molecular formula is C30H25FN2O3S. The molecule has 1 aliphatic heterocycles. The van der Waals surface area contributed by atoms with E-state index in [1.165, 1.54) is 22.6 Å². The molecule has 0 saturated heterocycles. The summed E-state index contributed by atoms with van der Waals surface area (Å²) in [6.45, 7) is 2.62. The first-order chi connectivity index (χ1) is 17.9. The molecule has 0 radical (unpaired) electrons. The van der Waals surface area contributed by atoms with E-state index in [0.717, 1.165) is 5.56 Å². The number of nitrogens with zero attached hydrogens (tertiary/aromatic N) is 1. The molecule has 2 amide bonds. The fourth-order valence-corrected chi connectivity index (χ4v) is 5.66. The zero-order valence-corrected chi connectivity index (χ0v) is 21.1. The van der Waals surface area contributed by atoms with Gasteiger partial charge >= 0.3 is 0 Å². The van der Waals surface area contributed by atoms with E-state index in [9.17, 15) is 18.2 Å². The van der Waals surface area contributed by atoms with E-state index in [1.807, 2.05) is 31.2 Å². The number of rotatable bonds is 6. The minimum absolute atomic E-state index is 0.135. The van der Waals surface area contributed by atoms with Crippen molar-refractivity contribution in [3.05, 3.63) is 125 Å². The van der Waals surface area contributed by atoms with Gasteiger partial charge in [0, 0.05) is 12.1 Å². The van der Waals surface area contributed by atoms with E-state index in [0.29, 0.717) is 45.1 Å². The zero-order chi connectivity index (χ0) is 25.9. The third-order valence-electron chi connectivity index (χ3n) is 6.35. The standard InChI is InChI=1S/C30H25FN2O3S/c1-20-6-8-21(9-7-20)16-17-32-29(34)23-12-15-28-26(18-23)33(19-22-10-13-24(31)14-11-22)30(35)25-4-2-3-5-27(25)37(28)36/h2-15,18H,16-17,19H2,1H3,(H,32,34). The molecule has 0 saturated carbocycles. The van der Waals surface area contributed by atoms with Crippen molar-refractivity contribution in [2.45, 2.75) is 29.7 Å². The summed E-state index contributed by atoms with van der Waals surface area (Å²) >= 11 is 0. The molecule has 0 aliphatic carbocycles. The van der Waals surface area contributed by atoms with Gasteiger partial charge in [-0.1, -0.05) is 54.1 Å². The zero-order valence-electron chi connectivity index (χ0n) is 20.2. The van der Waals surface area contributed by atoms with Crippen LogP contribution in [0.15, 0.2) is 101 Å². The first-order valence-corrected chi connectivity index (χ1v) is 13.1. The lowest BCUT2D eigenvalue weighted by atomic mass is 10.1. The van der Waals surface area contributed by atoms with Gasteiger partial charge in [0.05, 0.1) is 38.4 Å². The van der Waals surface area contributed by atoms with Gasteiger partial charge in [0.2, 0.25) is 0 Å². The maximum absolute atomic E-state index is 13.7. The highest BCUT2D eigenvalue weighted by molar-refractivity contribution is 7.85. The summed E-state index contributed by atoms with van der Waals surface area (Å²) in [4.78, 5) is 29.1. The van der Waals surface area contributed by atoms with E-state index >= 15 is 0 Å². The number of halogens is 1. The van der Waals surface area contributed by atoms with Crippen LogP contribution in [0.25, 0.3) is 0 Å². The number of amides is 2. The van der Waals surface area contributed by atoms with Crippen molar-refractivity contribution in [1.29, 1.82) is 0 Å². The van der Waals surface area contributed by atoms with Crippen LogP contribution in [0.4, 0.5) is 10.1 Å². The van der Waals surface area contributed by atoms with Gasteiger partial charge < -0.3 is 10.2 Å². The van der Waals surface area contributed by atoms with E-state index in [-0.39, 0.29) is 24.2 Å². The van der Waals surface area contributed by atoms with Gasteiger partial charge in [-0.05, 0) is 66.9 Å². The van der Waals surface area contributed by atoms with Crippen LogP contribution in [0, 0.1) is 12.7 Å². The summed E-state index contributed by atoms with van der Waals surface area (Å²) in [5, 5.41) is 2.93. The second-order valence-corrected chi connectivity index (χ2v) is 10.4. The molecule has 0 fully saturated rings. The first-order valence-electron chi connectivity index (χ1n) is 12.0.